The second-order valence-corrected chi connectivity index (χ2v) is 2.07. The van der Waals surface area contributed by atoms with E-state index in [-0.39, 0.29) is 5.92 Å². The Hall–Kier alpha value is -0.590. The zero-order chi connectivity index (χ0) is 7.28. The Morgan fingerprint density at radius 2 is 2.22 bits per heavy atom. The summed E-state index contributed by atoms with van der Waals surface area (Å²) < 4.78 is 0. The topological polar surface area (TPSA) is 17.1 Å². The molecule has 9 heavy (non-hydrogen) atoms. The molecule has 0 aromatic carbocycles. The van der Waals surface area contributed by atoms with Gasteiger partial charge < -0.3 is 0 Å². The van der Waals surface area contributed by atoms with Crippen molar-refractivity contribution in [3.05, 3.63) is 12.7 Å². The summed E-state index contributed by atoms with van der Waals surface area (Å²) in [7, 11) is 0. The Bertz CT molecular complexity index is 105. The zero-order valence-electron chi connectivity index (χ0n) is 6.18. The molecule has 0 heterocycles. The van der Waals surface area contributed by atoms with Gasteiger partial charge in [0.2, 0.25) is 0 Å². The van der Waals surface area contributed by atoms with Crippen LogP contribution in [0.4, 0.5) is 0 Å². The minimum absolute atomic E-state index is 0.0926. The van der Waals surface area contributed by atoms with Gasteiger partial charge in [-0.2, -0.15) is 0 Å². The van der Waals surface area contributed by atoms with Crippen molar-refractivity contribution in [3.8, 4) is 0 Å². The highest BCUT2D eigenvalue weighted by Gasteiger charge is 2.08. The lowest BCUT2D eigenvalue weighted by atomic mass is 10.00. The third-order valence-electron chi connectivity index (χ3n) is 1.49. The number of hydrogen-bond donors (Lipinski definition) is 0. The average molecular weight is 126 g/mol. The largest absolute Gasteiger partial charge is 0.299 e. The molecule has 0 saturated carbocycles. The van der Waals surface area contributed by atoms with Crippen LogP contribution in [0.5, 0.6) is 0 Å². The van der Waals surface area contributed by atoms with Crippen LogP contribution >= 0.6 is 0 Å². The molecule has 0 amide bonds. The molecule has 0 rings (SSSR count). The van der Waals surface area contributed by atoms with Crippen LogP contribution in [0.25, 0.3) is 0 Å². The molecule has 0 aliphatic rings. The van der Waals surface area contributed by atoms with E-state index in [0.717, 1.165) is 6.42 Å². The molecule has 0 aromatic rings. The standard InChI is InChI=1S/C8H14O/c1-4-7(5-2)8(9)6-3/h4,7H,1,5-6H2,2-3H3. The van der Waals surface area contributed by atoms with Crippen LogP contribution < -0.4 is 0 Å². The number of rotatable bonds is 4. The van der Waals surface area contributed by atoms with Crippen LogP contribution in [0.15, 0.2) is 12.7 Å². The van der Waals surface area contributed by atoms with E-state index < -0.39 is 0 Å². The SMILES string of the molecule is C=CC(CC)C(=O)CC. The maximum atomic E-state index is 10.9. The number of ketones is 1. The van der Waals surface area contributed by atoms with Crippen LogP contribution in [0.1, 0.15) is 26.7 Å². The molecule has 0 spiro atoms. The Morgan fingerprint density at radius 3 is 2.33 bits per heavy atom. The maximum Gasteiger partial charge on any atom is 0.139 e. The number of hydrogen-bond acceptors (Lipinski definition) is 1. The Balaban J connectivity index is 3.78. The van der Waals surface area contributed by atoms with Gasteiger partial charge in [0.25, 0.3) is 0 Å². The van der Waals surface area contributed by atoms with E-state index in [1.807, 2.05) is 13.8 Å². The van der Waals surface area contributed by atoms with Crippen molar-refractivity contribution in [2.75, 3.05) is 0 Å². The minimum Gasteiger partial charge on any atom is -0.299 e. The molecule has 0 aromatic heterocycles. The highest BCUT2D eigenvalue weighted by molar-refractivity contribution is 5.82. The van der Waals surface area contributed by atoms with E-state index in [0.29, 0.717) is 12.2 Å². The summed E-state index contributed by atoms with van der Waals surface area (Å²) in [4.78, 5) is 10.9. The van der Waals surface area contributed by atoms with Gasteiger partial charge in [-0.05, 0) is 6.42 Å². The smallest absolute Gasteiger partial charge is 0.139 e. The van der Waals surface area contributed by atoms with Crippen molar-refractivity contribution in [1.29, 1.82) is 0 Å². The summed E-state index contributed by atoms with van der Waals surface area (Å²) in [5.74, 6) is 0.391. The summed E-state index contributed by atoms with van der Waals surface area (Å²) in [6.45, 7) is 7.46. The fraction of sp³-hybridized carbons (Fsp3) is 0.625. The first-order valence-electron chi connectivity index (χ1n) is 3.41. The van der Waals surface area contributed by atoms with Crippen molar-refractivity contribution < 1.29 is 4.79 Å². The summed E-state index contributed by atoms with van der Waals surface area (Å²) in [5, 5.41) is 0. The Kier molecular flexibility index (Phi) is 4.02. The van der Waals surface area contributed by atoms with Crippen LogP contribution in [0, 0.1) is 5.92 Å². The predicted octanol–water partition coefficient (Wildman–Crippen LogP) is 2.18. The van der Waals surface area contributed by atoms with Gasteiger partial charge in [0.05, 0.1) is 0 Å². The number of carbonyl (C=O) groups is 1. The molecule has 0 bridgehead atoms. The lowest BCUT2D eigenvalue weighted by Crippen LogP contribution is -2.08. The highest BCUT2D eigenvalue weighted by atomic mass is 16.1. The highest BCUT2D eigenvalue weighted by Crippen LogP contribution is 2.06. The van der Waals surface area contributed by atoms with E-state index >= 15 is 0 Å². The van der Waals surface area contributed by atoms with Crippen LogP contribution in [-0.2, 0) is 4.79 Å². The number of carbonyl (C=O) groups excluding carboxylic acids is 1. The van der Waals surface area contributed by atoms with Crippen LogP contribution in [-0.4, -0.2) is 5.78 Å². The first kappa shape index (κ1) is 8.41. The third-order valence-corrected chi connectivity index (χ3v) is 1.49. The van der Waals surface area contributed by atoms with Gasteiger partial charge in [-0.25, -0.2) is 0 Å². The van der Waals surface area contributed by atoms with E-state index in [1.54, 1.807) is 6.08 Å². The second-order valence-electron chi connectivity index (χ2n) is 2.07. The summed E-state index contributed by atoms with van der Waals surface area (Å²) >= 11 is 0. The van der Waals surface area contributed by atoms with Gasteiger partial charge in [0.1, 0.15) is 5.78 Å². The molecule has 0 saturated heterocycles. The molecule has 0 fully saturated rings. The average Bonchev–Trinajstić information content (AvgIpc) is 1.90. The molecule has 0 N–H and O–H groups in total. The van der Waals surface area contributed by atoms with E-state index in [9.17, 15) is 4.79 Å². The van der Waals surface area contributed by atoms with Gasteiger partial charge in [-0.3, -0.25) is 4.79 Å². The number of allylic oxidation sites excluding steroid dienone is 1. The number of Topliss-reactive ketones (excluding diaryl/α,β-unsaturated/α-hetero) is 1. The molecule has 52 valence electrons. The summed E-state index contributed by atoms with van der Waals surface area (Å²) in [5.41, 5.74) is 0. The Labute approximate surface area is 56.8 Å². The Morgan fingerprint density at radius 1 is 1.67 bits per heavy atom. The fourth-order valence-corrected chi connectivity index (χ4v) is 0.788. The molecular formula is C8H14O. The molecule has 1 heteroatoms. The van der Waals surface area contributed by atoms with Crippen molar-refractivity contribution in [1.82, 2.24) is 0 Å². The molecule has 1 nitrogen and oxygen atoms in total. The van der Waals surface area contributed by atoms with Crippen LogP contribution in [0.2, 0.25) is 0 Å². The van der Waals surface area contributed by atoms with Gasteiger partial charge in [-0.1, -0.05) is 19.9 Å². The molecule has 1 atom stereocenters. The van der Waals surface area contributed by atoms with Gasteiger partial charge in [0.15, 0.2) is 0 Å². The summed E-state index contributed by atoms with van der Waals surface area (Å²) in [6.07, 6.45) is 3.24. The molecule has 0 radical (unpaired) electrons. The van der Waals surface area contributed by atoms with Crippen molar-refractivity contribution in [2.45, 2.75) is 26.7 Å². The first-order valence-corrected chi connectivity index (χ1v) is 3.41. The van der Waals surface area contributed by atoms with Gasteiger partial charge >= 0.3 is 0 Å². The van der Waals surface area contributed by atoms with Gasteiger partial charge in [-0.15, -0.1) is 6.58 Å². The van der Waals surface area contributed by atoms with Gasteiger partial charge in [0, 0.05) is 12.3 Å². The van der Waals surface area contributed by atoms with Crippen molar-refractivity contribution in [3.63, 3.8) is 0 Å². The van der Waals surface area contributed by atoms with Crippen LogP contribution in [0.3, 0.4) is 0 Å². The lowest BCUT2D eigenvalue weighted by Gasteiger charge is -2.04. The lowest BCUT2D eigenvalue weighted by molar-refractivity contribution is -0.121. The van der Waals surface area contributed by atoms with E-state index in [1.165, 1.54) is 0 Å². The zero-order valence-corrected chi connectivity index (χ0v) is 6.18. The fourth-order valence-electron chi connectivity index (χ4n) is 0.788. The van der Waals surface area contributed by atoms with Crippen molar-refractivity contribution in [2.24, 2.45) is 5.92 Å². The maximum absolute atomic E-state index is 10.9. The molecular weight excluding hydrogens is 112 g/mol. The second kappa shape index (κ2) is 4.30. The molecule has 0 aliphatic heterocycles. The quantitative estimate of drug-likeness (QED) is 0.528. The predicted molar refractivity (Wildman–Crippen MR) is 39.3 cm³/mol. The van der Waals surface area contributed by atoms with E-state index in [4.69, 9.17) is 0 Å². The third kappa shape index (κ3) is 2.45. The molecule has 0 aliphatic carbocycles. The van der Waals surface area contributed by atoms with Crippen molar-refractivity contribution >= 4 is 5.78 Å². The van der Waals surface area contributed by atoms with E-state index in [2.05, 4.69) is 6.58 Å². The monoisotopic (exact) mass is 126 g/mol. The molecule has 1 unspecified atom stereocenters. The normalized spacial score (nSPS) is 12.7. The first-order chi connectivity index (χ1) is 4.26. The summed E-state index contributed by atoms with van der Waals surface area (Å²) in [6, 6.07) is 0. The minimum atomic E-state index is 0.0926.